The quantitative estimate of drug-likeness (QED) is 0.245. The lowest BCUT2D eigenvalue weighted by Crippen LogP contribution is -2.44. The van der Waals surface area contributed by atoms with Gasteiger partial charge in [-0.15, -0.1) is 0 Å². The summed E-state index contributed by atoms with van der Waals surface area (Å²) >= 11 is 0. The van der Waals surface area contributed by atoms with Crippen LogP contribution in [0.5, 0.6) is 17.2 Å². The predicted octanol–water partition coefficient (Wildman–Crippen LogP) is 0.613. The third kappa shape index (κ3) is 11.4. The molecule has 210 valence electrons. The molecule has 0 saturated carbocycles. The van der Waals surface area contributed by atoms with E-state index in [9.17, 15) is 24.0 Å². The summed E-state index contributed by atoms with van der Waals surface area (Å²) in [5, 5.41) is 2.47. The molecule has 1 amide bonds. The monoisotopic (exact) mass is 547 g/mol. The van der Waals surface area contributed by atoms with Crippen molar-refractivity contribution in [1.29, 1.82) is 0 Å². The molecule has 0 radical (unpaired) electrons. The largest absolute Gasteiger partial charge is 0.482 e. The summed E-state index contributed by atoms with van der Waals surface area (Å²) in [5.41, 5.74) is 0.670. The zero-order valence-corrected chi connectivity index (χ0v) is 21.6. The molecule has 1 atom stereocenters. The molecule has 39 heavy (non-hydrogen) atoms. The first-order chi connectivity index (χ1) is 18.7. The summed E-state index contributed by atoms with van der Waals surface area (Å²) < 4.78 is 34.4. The first kappa shape index (κ1) is 30.4. The minimum absolute atomic E-state index is 0.0894. The maximum Gasteiger partial charge on any atom is 0.344 e. The van der Waals surface area contributed by atoms with E-state index in [0.717, 1.165) is 0 Å². The lowest BCUT2D eigenvalue weighted by Gasteiger charge is -2.17. The van der Waals surface area contributed by atoms with Crippen LogP contribution in [0.3, 0.4) is 0 Å². The van der Waals surface area contributed by atoms with Crippen molar-refractivity contribution in [3.8, 4) is 17.2 Å². The average Bonchev–Trinajstić information content (AvgIpc) is 2.96. The van der Waals surface area contributed by atoms with Crippen molar-refractivity contribution in [3.05, 3.63) is 54.1 Å². The lowest BCUT2D eigenvalue weighted by molar-refractivity contribution is -0.151. The number of methoxy groups -OCH3 is 3. The van der Waals surface area contributed by atoms with Gasteiger partial charge in [-0.25, -0.2) is 19.2 Å². The van der Waals surface area contributed by atoms with Gasteiger partial charge in [-0.3, -0.25) is 4.79 Å². The molecule has 13 heteroatoms. The second kappa shape index (κ2) is 16.1. The molecule has 0 aliphatic heterocycles. The van der Waals surface area contributed by atoms with E-state index in [4.69, 9.17) is 23.7 Å². The van der Waals surface area contributed by atoms with Gasteiger partial charge in [0.2, 0.25) is 0 Å². The van der Waals surface area contributed by atoms with Crippen molar-refractivity contribution in [2.45, 2.75) is 12.5 Å². The number of carbonyl (C=O) groups excluding carboxylic acids is 5. The minimum atomic E-state index is -1.04. The second-order valence-electron chi connectivity index (χ2n) is 7.64. The van der Waals surface area contributed by atoms with Gasteiger partial charge >= 0.3 is 23.9 Å². The molecule has 0 saturated heterocycles. The van der Waals surface area contributed by atoms with E-state index >= 15 is 0 Å². The molecule has 2 aromatic rings. The first-order valence-electron chi connectivity index (χ1n) is 11.5. The number of amides is 1. The third-order valence-electron chi connectivity index (χ3n) is 4.90. The Kier molecular flexibility index (Phi) is 12.6. The molecule has 0 spiro atoms. The van der Waals surface area contributed by atoms with Crippen LogP contribution in [0.2, 0.25) is 0 Å². The summed E-state index contributed by atoms with van der Waals surface area (Å²) in [4.78, 5) is 58.7. The zero-order valence-electron chi connectivity index (χ0n) is 21.6. The summed E-state index contributed by atoms with van der Waals surface area (Å²) in [6.45, 7) is -1.61. The van der Waals surface area contributed by atoms with Crippen LogP contribution >= 0.6 is 0 Å². The molecule has 2 rings (SSSR count). The first-order valence-corrected chi connectivity index (χ1v) is 11.5. The zero-order chi connectivity index (χ0) is 28.6. The van der Waals surface area contributed by atoms with Crippen LogP contribution in [-0.4, -0.2) is 83.6 Å². The molecular formula is C26H29NO12. The van der Waals surface area contributed by atoms with E-state index in [2.05, 4.69) is 14.8 Å². The highest BCUT2D eigenvalue weighted by Crippen LogP contribution is 2.18. The number of carbonyl (C=O) groups is 5. The Morgan fingerprint density at radius 3 is 1.49 bits per heavy atom. The van der Waals surface area contributed by atoms with Gasteiger partial charge in [0.25, 0.3) is 5.91 Å². The van der Waals surface area contributed by atoms with Crippen LogP contribution in [0, 0.1) is 0 Å². The van der Waals surface area contributed by atoms with Crippen LogP contribution in [0.25, 0.3) is 0 Å². The molecule has 0 heterocycles. The van der Waals surface area contributed by atoms with E-state index in [0.29, 0.717) is 22.8 Å². The minimum Gasteiger partial charge on any atom is -0.482 e. The smallest absolute Gasteiger partial charge is 0.344 e. The molecule has 1 N–H and O–H groups in total. The summed E-state index contributed by atoms with van der Waals surface area (Å²) in [6, 6.07) is 11.6. The molecule has 13 nitrogen and oxygen atoms in total. The summed E-state index contributed by atoms with van der Waals surface area (Å²) in [6.07, 6.45) is 0.0894. The molecular weight excluding hydrogens is 518 g/mol. The Labute approximate surface area is 224 Å². The van der Waals surface area contributed by atoms with Gasteiger partial charge in [-0.05, 0) is 42.0 Å². The van der Waals surface area contributed by atoms with Gasteiger partial charge in [0, 0.05) is 6.42 Å². The van der Waals surface area contributed by atoms with Crippen molar-refractivity contribution >= 4 is 29.8 Å². The fourth-order valence-electron chi connectivity index (χ4n) is 2.89. The maximum absolute atomic E-state index is 12.3. The van der Waals surface area contributed by atoms with Crippen molar-refractivity contribution in [2.75, 3.05) is 47.8 Å². The van der Waals surface area contributed by atoms with Crippen LogP contribution in [-0.2, 0) is 49.3 Å². The van der Waals surface area contributed by atoms with Gasteiger partial charge in [-0.2, -0.15) is 0 Å². The summed E-state index contributed by atoms with van der Waals surface area (Å²) in [5.74, 6) is -2.14. The van der Waals surface area contributed by atoms with Gasteiger partial charge in [0.05, 0.1) is 21.3 Å². The second-order valence-corrected chi connectivity index (χ2v) is 7.64. The highest BCUT2D eigenvalue weighted by molar-refractivity contribution is 5.86. The SMILES string of the molecule is COC(=O)COc1ccc(CC(NC(=O)COC(=O)COc2ccc(OCC(=O)OC)cc2)C(=O)OC)cc1. The number of hydrogen-bond acceptors (Lipinski definition) is 12. The van der Waals surface area contributed by atoms with Crippen molar-refractivity contribution in [1.82, 2.24) is 5.32 Å². The highest BCUT2D eigenvalue weighted by Gasteiger charge is 2.23. The van der Waals surface area contributed by atoms with Crippen molar-refractivity contribution in [2.24, 2.45) is 0 Å². The number of hydrogen-bond donors (Lipinski definition) is 1. The Morgan fingerprint density at radius 1 is 0.615 bits per heavy atom. The normalized spacial score (nSPS) is 10.8. The maximum atomic E-state index is 12.3. The van der Waals surface area contributed by atoms with Crippen molar-refractivity contribution < 1.29 is 57.1 Å². The topological polar surface area (TPSA) is 162 Å². The van der Waals surface area contributed by atoms with Gasteiger partial charge in [0.1, 0.15) is 23.3 Å². The Hall–Kier alpha value is -4.81. The number of ether oxygens (including phenoxy) is 7. The van der Waals surface area contributed by atoms with Crippen LogP contribution in [0.4, 0.5) is 0 Å². The average molecular weight is 548 g/mol. The predicted molar refractivity (Wildman–Crippen MR) is 132 cm³/mol. The Balaban J connectivity index is 1.78. The Bertz CT molecular complexity index is 1110. The van der Waals surface area contributed by atoms with Crippen LogP contribution in [0.15, 0.2) is 48.5 Å². The molecule has 0 aliphatic rings. The molecule has 0 bridgehead atoms. The molecule has 0 aromatic heterocycles. The standard InChI is InChI=1S/C26H29NO12/c1-33-23(29)14-36-18-6-4-17(5-7-18)12-21(26(32)35-3)27-22(28)13-39-25(31)16-38-20-10-8-19(9-11-20)37-15-24(30)34-2/h4-11,21H,12-16H2,1-3H3,(H,27,28). The number of nitrogens with one attached hydrogen (secondary N) is 1. The van der Waals surface area contributed by atoms with E-state index in [1.54, 1.807) is 24.3 Å². The van der Waals surface area contributed by atoms with E-state index in [-0.39, 0.29) is 19.6 Å². The highest BCUT2D eigenvalue weighted by atomic mass is 16.6. The van der Waals surface area contributed by atoms with Crippen LogP contribution < -0.4 is 19.5 Å². The molecule has 0 fully saturated rings. The van der Waals surface area contributed by atoms with Gasteiger partial charge < -0.3 is 38.5 Å². The van der Waals surface area contributed by atoms with E-state index < -0.39 is 49.0 Å². The number of rotatable bonds is 15. The Morgan fingerprint density at radius 2 is 1.05 bits per heavy atom. The fourth-order valence-corrected chi connectivity index (χ4v) is 2.89. The summed E-state index contributed by atoms with van der Waals surface area (Å²) in [7, 11) is 3.68. The van der Waals surface area contributed by atoms with Crippen molar-refractivity contribution in [3.63, 3.8) is 0 Å². The lowest BCUT2D eigenvalue weighted by atomic mass is 10.1. The third-order valence-corrected chi connectivity index (χ3v) is 4.90. The molecule has 2 aromatic carbocycles. The molecule has 0 aliphatic carbocycles. The van der Waals surface area contributed by atoms with Gasteiger partial charge in [0.15, 0.2) is 26.4 Å². The van der Waals surface area contributed by atoms with Gasteiger partial charge in [-0.1, -0.05) is 12.1 Å². The number of benzene rings is 2. The van der Waals surface area contributed by atoms with Crippen LogP contribution in [0.1, 0.15) is 5.56 Å². The van der Waals surface area contributed by atoms with E-state index in [1.807, 2.05) is 0 Å². The fraction of sp³-hybridized carbons (Fsp3) is 0.346. The molecule has 1 unspecified atom stereocenters. The van der Waals surface area contributed by atoms with E-state index in [1.165, 1.54) is 45.6 Å². The number of esters is 4.